The fourth-order valence-corrected chi connectivity index (χ4v) is 3.98. The summed E-state index contributed by atoms with van der Waals surface area (Å²) in [4.78, 5) is 12.1. The first-order chi connectivity index (χ1) is 12.3. The van der Waals surface area contributed by atoms with E-state index < -0.39 is 38.7 Å². The van der Waals surface area contributed by atoms with Gasteiger partial charge in [0.1, 0.15) is 0 Å². The average molecular weight is 390 g/mol. The van der Waals surface area contributed by atoms with Crippen LogP contribution in [0.1, 0.15) is 20.1 Å². The first kappa shape index (κ1) is 17.4. The molecule has 2 saturated heterocycles. The van der Waals surface area contributed by atoms with E-state index >= 15 is 4.39 Å². The molecule has 2 aromatic heterocycles. The summed E-state index contributed by atoms with van der Waals surface area (Å²) in [5.74, 6) is -2.63. The summed E-state index contributed by atoms with van der Waals surface area (Å²) in [6.45, 7) is 2.40. The van der Waals surface area contributed by atoms with Gasteiger partial charge in [-0.2, -0.15) is 9.97 Å². The number of nitrogen functional groups attached to an aromatic ring is 1. The highest BCUT2D eigenvalue weighted by Gasteiger charge is 2.72. The van der Waals surface area contributed by atoms with Crippen LogP contribution < -0.4 is 10.5 Å². The third-order valence-electron chi connectivity index (χ3n) is 4.19. The van der Waals surface area contributed by atoms with Crippen molar-refractivity contribution >= 4 is 25.4 Å². The number of nitrogens with two attached hydrogens (primary N) is 1. The second kappa shape index (κ2) is 5.74. The lowest BCUT2D eigenvalue weighted by Gasteiger charge is -2.25. The van der Waals surface area contributed by atoms with Crippen LogP contribution in [0.5, 0.6) is 5.88 Å². The van der Waals surface area contributed by atoms with Gasteiger partial charge in [0, 0.05) is 4.57 Å². The third kappa shape index (κ3) is 2.44. The molecule has 2 fully saturated rings. The molecule has 0 aromatic carbocycles. The van der Waals surface area contributed by atoms with Gasteiger partial charge in [0.05, 0.1) is 12.9 Å². The van der Waals surface area contributed by atoms with Crippen molar-refractivity contribution in [1.29, 1.82) is 0 Å². The zero-order valence-corrected chi connectivity index (χ0v) is 14.7. The number of hydrogen-bond donors (Lipinski definition) is 1. The molecule has 0 saturated carbocycles. The molecule has 10 nitrogen and oxygen atoms in total. The van der Waals surface area contributed by atoms with E-state index in [2.05, 4.69) is 19.5 Å². The summed E-state index contributed by atoms with van der Waals surface area (Å²) in [6, 6.07) is 0. The fourth-order valence-electron chi connectivity index (χ4n) is 3.11. The number of halogens is 2. The predicted octanol–water partition coefficient (Wildman–Crippen LogP) is 1.80. The third-order valence-corrected chi connectivity index (χ3v) is 4.92. The lowest BCUT2D eigenvalue weighted by molar-refractivity contribution is -0.211. The lowest BCUT2D eigenvalue weighted by Crippen LogP contribution is -2.49. The number of hydrogen-bond acceptors (Lipinski definition) is 9. The molecule has 13 heteroatoms. The largest absolute Gasteiger partial charge is 0.698 e. The van der Waals surface area contributed by atoms with E-state index in [0.717, 1.165) is 6.92 Å². The van der Waals surface area contributed by atoms with Gasteiger partial charge in [-0.1, -0.05) is 0 Å². The minimum absolute atomic E-state index is 0.0994. The number of fused-ring (bicyclic) bond motifs is 2. The number of aromatic nitrogens is 4. The maximum absolute atomic E-state index is 15.4. The molecule has 0 amide bonds. The molecular formula is C13H15F2N5O5P+. The molecule has 5 atom stereocenters. The summed E-state index contributed by atoms with van der Waals surface area (Å²) >= 11 is 0. The molecule has 2 N–H and O–H groups in total. The van der Waals surface area contributed by atoms with Crippen LogP contribution in [0, 0.1) is 0 Å². The van der Waals surface area contributed by atoms with E-state index in [4.69, 9.17) is 19.7 Å². The Morgan fingerprint density at radius 2 is 2.27 bits per heavy atom. The standard InChI is InChI=1S/C13H15F2N5O5P/c1-3-22-8-6-7(18-11(16)19-8)20(5-17-6)10-12(2,14)9-13(15,24-10)4-23-26(21)25-9/h5,9-10H,3-4H2,1-2H3,(H2,16,18,19)/q+1/t9-,10+,12+,13+/m0/s1. The normalized spacial score (nSPS) is 35.6. The van der Waals surface area contributed by atoms with Gasteiger partial charge in [0.2, 0.25) is 17.9 Å². The van der Waals surface area contributed by atoms with Crippen LogP contribution in [0.2, 0.25) is 0 Å². The Bertz CT molecular complexity index is 895. The quantitative estimate of drug-likeness (QED) is 0.781. The second-order valence-corrected chi connectivity index (χ2v) is 6.95. The fraction of sp³-hybridized carbons (Fsp3) is 0.615. The number of imidazole rings is 1. The highest BCUT2D eigenvalue weighted by atomic mass is 31.1. The first-order valence-electron chi connectivity index (χ1n) is 7.71. The minimum Gasteiger partial charge on any atom is -0.476 e. The van der Waals surface area contributed by atoms with E-state index in [-0.39, 0.29) is 23.0 Å². The smallest absolute Gasteiger partial charge is 0.476 e. The van der Waals surface area contributed by atoms with E-state index in [1.165, 1.54) is 10.9 Å². The Morgan fingerprint density at radius 3 is 3.00 bits per heavy atom. The first-order valence-corrected chi connectivity index (χ1v) is 8.81. The highest BCUT2D eigenvalue weighted by Crippen LogP contribution is 2.55. The number of anilines is 1. The van der Waals surface area contributed by atoms with Crippen molar-refractivity contribution < 1.29 is 31.9 Å². The Hall–Kier alpha value is -2.01. The molecule has 4 rings (SSSR count). The molecule has 0 bridgehead atoms. The van der Waals surface area contributed by atoms with E-state index in [1.807, 2.05) is 0 Å². The maximum atomic E-state index is 15.4. The van der Waals surface area contributed by atoms with Crippen molar-refractivity contribution in [3.8, 4) is 5.88 Å². The van der Waals surface area contributed by atoms with Crippen LogP contribution in [0.3, 0.4) is 0 Å². The van der Waals surface area contributed by atoms with Crippen LogP contribution in [-0.2, 0) is 18.3 Å². The second-order valence-electron chi connectivity index (χ2n) is 6.03. The van der Waals surface area contributed by atoms with E-state index in [0.29, 0.717) is 6.61 Å². The van der Waals surface area contributed by atoms with Gasteiger partial charge >= 0.3 is 8.25 Å². The van der Waals surface area contributed by atoms with Gasteiger partial charge in [-0.25, -0.2) is 13.8 Å². The zero-order chi connectivity index (χ0) is 18.7. The van der Waals surface area contributed by atoms with Crippen molar-refractivity contribution in [3.05, 3.63) is 6.33 Å². The lowest BCUT2D eigenvalue weighted by atomic mass is 9.97. The molecule has 2 aliphatic rings. The molecule has 0 aliphatic carbocycles. The summed E-state index contributed by atoms with van der Waals surface area (Å²) in [5.41, 5.74) is 3.59. The molecule has 2 aliphatic heterocycles. The molecule has 4 heterocycles. The van der Waals surface area contributed by atoms with Gasteiger partial charge in [-0.05, 0) is 13.8 Å². The molecule has 2 aromatic rings. The highest BCUT2D eigenvalue weighted by molar-refractivity contribution is 7.33. The molecule has 140 valence electrons. The molecule has 0 spiro atoms. The van der Waals surface area contributed by atoms with Crippen molar-refractivity contribution in [2.45, 2.75) is 37.7 Å². The van der Waals surface area contributed by atoms with Crippen molar-refractivity contribution in [3.63, 3.8) is 0 Å². The van der Waals surface area contributed by atoms with Gasteiger partial charge in [-0.3, -0.25) is 4.57 Å². The Kier molecular flexibility index (Phi) is 3.85. The van der Waals surface area contributed by atoms with Crippen molar-refractivity contribution in [2.75, 3.05) is 18.9 Å². The number of nitrogens with zero attached hydrogens (tertiary/aromatic N) is 4. The Balaban J connectivity index is 1.82. The van der Waals surface area contributed by atoms with Gasteiger partial charge in [-0.15, -0.1) is 9.05 Å². The van der Waals surface area contributed by atoms with Gasteiger partial charge in [0.15, 0.2) is 29.7 Å². The molecular weight excluding hydrogens is 375 g/mol. The topological polar surface area (TPSA) is 124 Å². The van der Waals surface area contributed by atoms with Crippen LogP contribution in [-0.4, -0.2) is 50.4 Å². The maximum Gasteiger partial charge on any atom is 0.698 e. The predicted molar refractivity (Wildman–Crippen MR) is 82.8 cm³/mol. The van der Waals surface area contributed by atoms with Crippen LogP contribution in [0.25, 0.3) is 11.2 Å². The number of alkyl halides is 2. The van der Waals surface area contributed by atoms with E-state index in [1.54, 1.807) is 6.92 Å². The monoisotopic (exact) mass is 390 g/mol. The van der Waals surface area contributed by atoms with E-state index in [9.17, 15) is 8.96 Å². The van der Waals surface area contributed by atoms with Crippen molar-refractivity contribution in [2.24, 2.45) is 0 Å². The molecule has 0 radical (unpaired) electrons. The van der Waals surface area contributed by atoms with Crippen LogP contribution >= 0.6 is 8.25 Å². The SMILES string of the molecule is CCOc1nc(N)nc2c1ncn2[C@@H]1O[C@]2(F)CO[P+](=O)O[C@H]2[C@@]1(C)F. The summed E-state index contributed by atoms with van der Waals surface area (Å²) in [6.07, 6.45) is -2.05. The summed E-state index contributed by atoms with van der Waals surface area (Å²) < 4.78 is 63.2. The number of ether oxygens (including phenoxy) is 2. The molecule has 26 heavy (non-hydrogen) atoms. The Labute approximate surface area is 146 Å². The minimum atomic E-state index is -2.64. The summed E-state index contributed by atoms with van der Waals surface area (Å²) in [5, 5.41) is 0. The van der Waals surface area contributed by atoms with Crippen molar-refractivity contribution in [1.82, 2.24) is 19.5 Å². The zero-order valence-electron chi connectivity index (χ0n) is 13.8. The van der Waals surface area contributed by atoms with Crippen LogP contribution in [0.15, 0.2) is 6.33 Å². The van der Waals surface area contributed by atoms with Gasteiger partial charge in [0.25, 0.3) is 5.85 Å². The summed E-state index contributed by atoms with van der Waals surface area (Å²) in [7, 11) is -2.64. The van der Waals surface area contributed by atoms with Crippen LogP contribution in [0.4, 0.5) is 14.7 Å². The Morgan fingerprint density at radius 1 is 1.50 bits per heavy atom. The molecule has 1 unspecified atom stereocenters. The van der Waals surface area contributed by atoms with Gasteiger partial charge < -0.3 is 15.2 Å². The average Bonchev–Trinajstić information content (AvgIpc) is 3.06. The number of rotatable bonds is 3.